The largest absolute Gasteiger partial charge is 0.360 e. The van der Waals surface area contributed by atoms with Gasteiger partial charge < -0.3 is 5.32 Å². The molecule has 7 nitrogen and oxygen atoms in total. The van der Waals surface area contributed by atoms with Gasteiger partial charge in [0.15, 0.2) is 5.78 Å². The first-order valence-corrected chi connectivity index (χ1v) is 6.55. The quantitative estimate of drug-likeness (QED) is 0.828. The number of Topliss-reactive ketones (excluding diaryl/α,β-unsaturated/α-hetero) is 1. The van der Waals surface area contributed by atoms with Crippen LogP contribution in [0.2, 0.25) is 0 Å². The number of hydrogen-bond donors (Lipinski definition) is 2. The molecule has 1 aliphatic rings. The molecule has 7 heteroatoms. The van der Waals surface area contributed by atoms with Crippen LogP contribution >= 0.6 is 0 Å². The van der Waals surface area contributed by atoms with Crippen LogP contribution in [0.4, 0.5) is 5.69 Å². The van der Waals surface area contributed by atoms with Crippen molar-refractivity contribution in [2.75, 3.05) is 5.32 Å². The maximum Gasteiger partial charge on any atom is 0.216 e. The molecule has 1 aromatic carbocycles. The minimum absolute atomic E-state index is 0.130. The summed E-state index contributed by atoms with van der Waals surface area (Å²) in [4.78, 5) is 12.1. The minimum Gasteiger partial charge on any atom is -0.360 e. The molecule has 0 radical (unpaired) electrons. The molecule has 0 unspecified atom stereocenters. The standard InChI is InChI=1S/C14H12N6O/c15-7-10(14-17-19-20-18-14)8-16-11-5-1-3-9-4-2-6-12(21)13(9)11/h1,3,5,8,16H,2,4,6H2,(H,17,18,19,20). The number of carbonyl (C=O) groups excluding carboxylic acids is 1. The smallest absolute Gasteiger partial charge is 0.216 e. The Morgan fingerprint density at radius 2 is 2.33 bits per heavy atom. The zero-order valence-corrected chi connectivity index (χ0v) is 11.1. The molecule has 0 saturated heterocycles. The molecule has 0 fully saturated rings. The van der Waals surface area contributed by atoms with E-state index in [4.69, 9.17) is 5.26 Å². The number of hydrogen-bond acceptors (Lipinski definition) is 6. The number of H-pyrrole nitrogens is 1. The first kappa shape index (κ1) is 13.0. The summed E-state index contributed by atoms with van der Waals surface area (Å²) in [5, 5.41) is 25.4. The number of aryl methyl sites for hydroxylation is 1. The number of nitrogens with one attached hydrogen (secondary N) is 2. The lowest BCUT2D eigenvalue weighted by atomic mass is 9.89. The van der Waals surface area contributed by atoms with E-state index in [1.54, 1.807) is 0 Å². The molecule has 0 aliphatic heterocycles. The molecular weight excluding hydrogens is 268 g/mol. The van der Waals surface area contributed by atoms with Crippen molar-refractivity contribution >= 4 is 17.0 Å². The Hall–Kier alpha value is -3.01. The molecule has 104 valence electrons. The number of carbonyl (C=O) groups is 1. The number of allylic oxidation sites excluding steroid dienone is 1. The highest BCUT2D eigenvalue weighted by molar-refractivity contribution is 6.03. The summed E-state index contributed by atoms with van der Waals surface area (Å²) < 4.78 is 0. The van der Waals surface area contributed by atoms with E-state index in [1.807, 2.05) is 24.3 Å². The molecule has 0 bridgehead atoms. The van der Waals surface area contributed by atoms with Crippen molar-refractivity contribution in [1.29, 1.82) is 5.26 Å². The fourth-order valence-electron chi connectivity index (χ4n) is 2.40. The zero-order valence-electron chi connectivity index (χ0n) is 11.1. The van der Waals surface area contributed by atoms with Crippen LogP contribution in [0.1, 0.15) is 34.6 Å². The zero-order chi connectivity index (χ0) is 14.7. The van der Waals surface area contributed by atoms with Crippen LogP contribution in [0.5, 0.6) is 0 Å². The van der Waals surface area contributed by atoms with Gasteiger partial charge in [0.25, 0.3) is 0 Å². The molecule has 2 aromatic rings. The van der Waals surface area contributed by atoms with E-state index < -0.39 is 0 Å². The number of nitriles is 1. The van der Waals surface area contributed by atoms with E-state index in [9.17, 15) is 4.79 Å². The number of ketones is 1. The van der Waals surface area contributed by atoms with Crippen molar-refractivity contribution < 1.29 is 4.79 Å². The van der Waals surface area contributed by atoms with Gasteiger partial charge >= 0.3 is 0 Å². The number of aromatic amines is 1. The van der Waals surface area contributed by atoms with Crippen molar-refractivity contribution in [3.8, 4) is 6.07 Å². The third-order valence-corrected chi connectivity index (χ3v) is 3.36. The molecular formula is C14H12N6O. The van der Waals surface area contributed by atoms with Gasteiger partial charge in [-0.05, 0) is 29.7 Å². The first-order valence-electron chi connectivity index (χ1n) is 6.55. The number of rotatable bonds is 3. The Kier molecular flexibility index (Phi) is 3.43. The molecule has 0 saturated carbocycles. The van der Waals surface area contributed by atoms with Crippen molar-refractivity contribution in [2.24, 2.45) is 0 Å². The van der Waals surface area contributed by atoms with E-state index in [2.05, 4.69) is 25.9 Å². The average Bonchev–Trinajstić information content (AvgIpc) is 3.02. The number of benzene rings is 1. The van der Waals surface area contributed by atoms with Crippen LogP contribution in [0.15, 0.2) is 24.4 Å². The summed E-state index contributed by atoms with van der Waals surface area (Å²) in [5.41, 5.74) is 2.70. The van der Waals surface area contributed by atoms with Crippen LogP contribution in [0.25, 0.3) is 5.57 Å². The maximum atomic E-state index is 12.1. The summed E-state index contributed by atoms with van der Waals surface area (Å²) in [6.07, 6.45) is 3.83. The van der Waals surface area contributed by atoms with E-state index in [-0.39, 0.29) is 17.2 Å². The van der Waals surface area contributed by atoms with Gasteiger partial charge in [-0.25, -0.2) is 0 Å². The number of tetrazole rings is 1. The highest BCUT2D eigenvalue weighted by atomic mass is 16.1. The Balaban J connectivity index is 1.93. The lowest BCUT2D eigenvalue weighted by Crippen LogP contribution is -2.13. The maximum absolute atomic E-state index is 12.1. The molecule has 3 rings (SSSR count). The van der Waals surface area contributed by atoms with Crippen molar-refractivity contribution in [3.05, 3.63) is 41.4 Å². The normalized spacial score (nSPS) is 14.4. The van der Waals surface area contributed by atoms with Gasteiger partial charge in [-0.1, -0.05) is 12.1 Å². The predicted molar refractivity (Wildman–Crippen MR) is 75.1 cm³/mol. The van der Waals surface area contributed by atoms with Gasteiger partial charge in [-0.15, -0.1) is 10.2 Å². The number of fused-ring (bicyclic) bond motifs is 1. The summed E-state index contributed by atoms with van der Waals surface area (Å²) in [7, 11) is 0. The second-order valence-corrected chi connectivity index (χ2v) is 4.67. The van der Waals surface area contributed by atoms with Crippen LogP contribution < -0.4 is 5.32 Å². The summed E-state index contributed by atoms with van der Waals surface area (Å²) >= 11 is 0. The Labute approximate surface area is 120 Å². The molecule has 0 atom stereocenters. The first-order chi connectivity index (χ1) is 10.3. The summed E-state index contributed by atoms with van der Waals surface area (Å²) in [6, 6.07) is 7.68. The lowest BCUT2D eigenvalue weighted by molar-refractivity contribution is 0.0973. The van der Waals surface area contributed by atoms with Crippen LogP contribution in [0, 0.1) is 11.3 Å². The molecule has 0 amide bonds. The van der Waals surface area contributed by atoms with E-state index in [0.29, 0.717) is 17.7 Å². The fraction of sp³-hybridized carbons (Fsp3) is 0.214. The number of anilines is 1. The molecule has 1 aromatic heterocycles. The van der Waals surface area contributed by atoms with E-state index in [1.165, 1.54) is 6.20 Å². The highest BCUT2D eigenvalue weighted by Gasteiger charge is 2.20. The van der Waals surface area contributed by atoms with Gasteiger partial charge in [0.2, 0.25) is 5.82 Å². The molecule has 2 N–H and O–H groups in total. The monoisotopic (exact) mass is 280 g/mol. The van der Waals surface area contributed by atoms with Crippen molar-refractivity contribution in [2.45, 2.75) is 19.3 Å². The Bertz CT molecular complexity index is 741. The predicted octanol–water partition coefficient (Wildman–Crippen LogP) is 1.70. The van der Waals surface area contributed by atoms with Gasteiger partial charge in [0.1, 0.15) is 11.6 Å². The summed E-state index contributed by atoms with van der Waals surface area (Å²) in [5.74, 6) is 0.340. The third-order valence-electron chi connectivity index (χ3n) is 3.36. The second-order valence-electron chi connectivity index (χ2n) is 4.67. The van der Waals surface area contributed by atoms with Crippen molar-refractivity contribution in [3.63, 3.8) is 0 Å². The van der Waals surface area contributed by atoms with Gasteiger partial charge in [-0.2, -0.15) is 10.5 Å². The number of nitrogens with zero attached hydrogens (tertiary/aromatic N) is 4. The Morgan fingerprint density at radius 1 is 1.43 bits per heavy atom. The van der Waals surface area contributed by atoms with Crippen LogP contribution in [0.3, 0.4) is 0 Å². The van der Waals surface area contributed by atoms with Gasteiger partial charge in [0, 0.05) is 23.9 Å². The van der Waals surface area contributed by atoms with Crippen LogP contribution in [-0.4, -0.2) is 26.4 Å². The molecule has 0 spiro atoms. The molecule has 21 heavy (non-hydrogen) atoms. The average molecular weight is 280 g/mol. The topological polar surface area (TPSA) is 107 Å². The SMILES string of the molecule is N#CC(=CNc1cccc2c1C(=O)CCC2)c1nn[nH]n1. The van der Waals surface area contributed by atoms with E-state index in [0.717, 1.165) is 18.4 Å². The number of aromatic nitrogens is 4. The third kappa shape index (κ3) is 2.51. The van der Waals surface area contributed by atoms with Crippen LogP contribution in [-0.2, 0) is 6.42 Å². The minimum atomic E-state index is 0.130. The molecule has 1 aliphatic carbocycles. The lowest BCUT2D eigenvalue weighted by Gasteiger charge is -2.17. The fourth-order valence-corrected chi connectivity index (χ4v) is 2.40. The van der Waals surface area contributed by atoms with Crippen molar-refractivity contribution in [1.82, 2.24) is 20.6 Å². The van der Waals surface area contributed by atoms with E-state index >= 15 is 0 Å². The molecule has 1 heterocycles. The second kappa shape index (κ2) is 5.54. The van der Waals surface area contributed by atoms with Gasteiger partial charge in [-0.3, -0.25) is 4.79 Å². The Morgan fingerprint density at radius 3 is 3.10 bits per heavy atom. The highest BCUT2D eigenvalue weighted by Crippen LogP contribution is 2.28. The summed E-state index contributed by atoms with van der Waals surface area (Å²) in [6.45, 7) is 0. The van der Waals surface area contributed by atoms with Gasteiger partial charge in [0.05, 0.1) is 0 Å².